The molecule has 0 saturated carbocycles. The largest absolute Gasteiger partial charge is 0.508 e. The molecule has 0 fully saturated rings. The van der Waals surface area contributed by atoms with Gasteiger partial charge in [0.1, 0.15) is 11.3 Å². The van der Waals surface area contributed by atoms with Crippen molar-refractivity contribution in [2.45, 2.75) is 17.6 Å². The average Bonchev–Trinajstić information content (AvgIpc) is 2.80. The highest BCUT2D eigenvalue weighted by molar-refractivity contribution is 7.98. The lowest BCUT2D eigenvalue weighted by molar-refractivity contribution is 0.0525. The first-order chi connectivity index (χ1) is 9.61. The lowest BCUT2D eigenvalue weighted by atomic mass is 10.3. The molecule has 2 rings (SSSR count). The molecule has 1 aromatic heterocycles. The van der Waals surface area contributed by atoms with Crippen LogP contribution in [0.2, 0.25) is 0 Å². The third kappa shape index (κ3) is 3.33. The van der Waals surface area contributed by atoms with Gasteiger partial charge in [-0.25, -0.2) is 4.79 Å². The minimum Gasteiger partial charge on any atom is -0.508 e. The molecule has 2 aromatic rings. The number of aromatic nitrogens is 2. The fourth-order valence-corrected chi connectivity index (χ4v) is 2.68. The lowest BCUT2D eigenvalue weighted by Crippen LogP contribution is -2.08. The Labute approximate surface area is 121 Å². The summed E-state index contributed by atoms with van der Waals surface area (Å²) in [6.07, 6.45) is 1.53. The Balaban J connectivity index is 2.11. The second kappa shape index (κ2) is 6.47. The Bertz CT molecular complexity index is 593. The van der Waals surface area contributed by atoms with E-state index >= 15 is 0 Å². The van der Waals surface area contributed by atoms with Gasteiger partial charge in [0.2, 0.25) is 0 Å². The predicted octanol–water partition coefficient (Wildman–Crippen LogP) is 2.59. The number of esters is 1. The fraction of sp³-hybridized carbons (Fsp3) is 0.286. The first-order valence-corrected chi connectivity index (χ1v) is 7.20. The van der Waals surface area contributed by atoms with Crippen LogP contribution in [-0.4, -0.2) is 27.5 Å². The van der Waals surface area contributed by atoms with E-state index in [-0.39, 0.29) is 11.7 Å². The van der Waals surface area contributed by atoms with Crippen LogP contribution in [0.1, 0.15) is 23.0 Å². The molecule has 5 nitrogen and oxygen atoms in total. The van der Waals surface area contributed by atoms with Crippen LogP contribution in [0.4, 0.5) is 0 Å². The van der Waals surface area contributed by atoms with E-state index < -0.39 is 0 Å². The molecule has 0 radical (unpaired) electrons. The van der Waals surface area contributed by atoms with Crippen molar-refractivity contribution in [1.82, 2.24) is 9.78 Å². The minimum atomic E-state index is -0.345. The number of nitrogens with zero attached hydrogens (tertiary/aromatic N) is 2. The summed E-state index contributed by atoms with van der Waals surface area (Å²) in [6.45, 7) is 2.12. The van der Waals surface area contributed by atoms with E-state index in [4.69, 9.17) is 4.74 Å². The maximum atomic E-state index is 11.8. The Morgan fingerprint density at radius 1 is 1.40 bits per heavy atom. The van der Waals surface area contributed by atoms with Crippen molar-refractivity contribution in [2.24, 2.45) is 7.05 Å². The standard InChI is InChI=1S/C14H16N2O3S/c1-3-19-14(18)12-8-15-16(2)13(12)9-20-11-6-4-10(17)5-7-11/h4-8,17H,3,9H2,1-2H3. The van der Waals surface area contributed by atoms with Crippen LogP contribution < -0.4 is 0 Å². The van der Waals surface area contributed by atoms with E-state index in [9.17, 15) is 9.90 Å². The van der Waals surface area contributed by atoms with E-state index in [2.05, 4.69) is 5.10 Å². The van der Waals surface area contributed by atoms with Gasteiger partial charge in [0.25, 0.3) is 0 Å². The fourth-order valence-electron chi connectivity index (χ4n) is 1.71. The van der Waals surface area contributed by atoms with E-state index in [0.29, 0.717) is 17.9 Å². The van der Waals surface area contributed by atoms with E-state index in [1.165, 1.54) is 6.20 Å². The van der Waals surface area contributed by atoms with Gasteiger partial charge >= 0.3 is 5.97 Å². The smallest absolute Gasteiger partial charge is 0.341 e. The highest BCUT2D eigenvalue weighted by Gasteiger charge is 2.17. The Kier molecular flexibility index (Phi) is 4.68. The van der Waals surface area contributed by atoms with Gasteiger partial charge < -0.3 is 9.84 Å². The zero-order valence-electron chi connectivity index (χ0n) is 11.4. The molecule has 1 aromatic carbocycles. The predicted molar refractivity (Wildman–Crippen MR) is 76.8 cm³/mol. The number of carbonyl (C=O) groups is 1. The maximum absolute atomic E-state index is 11.8. The number of hydrogen-bond donors (Lipinski definition) is 1. The summed E-state index contributed by atoms with van der Waals surface area (Å²) >= 11 is 1.57. The molecule has 0 spiro atoms. The first-order valence-electron chi connectivity index (χ1n) is 6.21. The van der Waals surface area contributed by atoms with Crippen LogP contribution in [0.3, 0.4) is 0 Å². The summed E-state index contributed by atoms with van der Waals surface area (Å²) in [5, 5.41) is 13.4. The minimum absolute atomic E-state index is 0.238. The third-order valence-electron chi connectivity index (χ3n) is 2.77. The van der Waals surface area contributed by atoms with Crippen molar-refractivity contribution in [1.29, 1.82) is 0 Å². The van der Waals surface area contributed by atoms with Crippen molar-refractivity contribution in [2.75, 3.05) is 6.61 Å². The second-order valence-electron chi connectivity index (χ2n) is 4.13. The molecule has 0 bridgehead atoms. The summed E-state index contributed by atoms with van der Waals surface area (Å²) in [5.74, 6) is 0.499. The van der Waals surface area contributed by atoms with Gasteiger partial charge in [0.05, 0.1) is 18.5 Å². The molecule has 0 amide bonds. The number of phenols is 1. The van der Waals surface area contributed by atoms with Crippen LogP contribution >= 0.6 is 11.8 Å². The number of carbonyl (C=O) groups excluding carboxylic acids is 1. The monoisotopic (exact) mass is 292 g/mol. The molecule has 20 heavy (non-hydrogen) atoms. The topological polar surface area (TPSA) is 64.3 Å². The molecular weight excluding hydrogens is 276 g/mol. The van der Waals surface area contributed by atoms with E-state index in [1.54, 1.807) is 42.5 Å². The number of benzene rings is 1. The Morgan fingerprint density at radius 3 is 2.75 bits per heavy atom. The number of aryl methyl sites for hydroxylation is 1. The maximum Gasteiger partial charge on any atom is 0.341 e. The van der Waals surface area contributed by atoms with Crippen LogP contribution in [-0.2, 0) is 17.5 Å². The summed E-state index contributed by atoms with van der Waals surface area (Å²) in [7, 11) is 1.80. The van der Waals surface area contributed by atoms with Gasteiger partial charge in [-0.1, -0.05) is 0 Å². The van der Waals surface area contributed by atoms with Gasteiger partial charge in [-0.2, -0.15) is 5.10 Å². The molecule has 106 valence electrons. The van der Waals surface area contributed by atoms with Gasteiger partial charge in [-0.15, -0.1) is 11.8 Å². The van der Waals surface area contributed by atoms with Crippen LogP contribution in [0, 0.1) is 0 Å². The van der Waals surface area contributed by atoms with Crippen molar-refractivity contribution < 1.29 is 14.6 Å². The second-order valence-corrected chi connectivity index (χ2v) is 5.18. The van der Waals surface area contributed by atoms with Gasteiger partial charge in [0, 0.05) is 17.7 Å². The Morgan fingerprint density at radius 2 is 2.10 bits per heavy atom. The van der Waals surface area contributed by atoms with Crippen LogP contribution in [0.25, 0.3) is 0 Å². The molecule has 0 aliphatic carbocycles. The molecule has 0 aliphatic heterocycles. The number of hydrogen-bond acceptors (Lipinski definition) is 5. The number of phenolic OH excluding ortho intramolecular Hbond substituents is 1. The van der Waals surface area contributed by atoms with Crippen molar-refractivity contribution in [3.05, 3.63) is 41.7 Å². The average molecular weight is 292 g/mol. The van der Waals surface area contributed by atoms with Crippen LogP contribution in [0.5, 0.6) is 5.75 Å². The quantitative estimate of drug-likeness (QED) is 0.678. The number of aromatic hydroxyl groups is 1. The van der Waals surface area contributed by atoms with Gasteiger partial charge in [-0.05, 0) is 31.2 Å². The summed E-state index contributed by atoms with van der Waals surface area (Å²) in [5.41, 5.74) is 1.32. The van der Waals surface area contributed by atoms with Crippen LogP contribution in [0.15, 0.2) is 35.4 Å². The number of ether oxygens (including phenoxy) is 1. The molecule has 1 N–H and O–H groups in total. The molecule has 0 saturated heterocycles. The summed E-state index contributed by atoms with van der Waals surface area (Å²) in [4.78, 5) is 12.8. The summed E-state index contributed by atoms with van der Waals surface area (Å²) < 4.78 is 6.70. The summed E-state index contributed by atoms with van der Waals surface area (Å²) in [6, 6.07) is 6.94. The Hall–Kier alpha value is -1.95. The van der Waals surface area contributed by atoms with Gasteiger partial charge in [-0.3, -0.25) is 4.68 Å². The van der Waals surface area contributed by atoms with Crippen molar-refractivity contribution in [3.8, 4) is 5.75 Å². The molecule has 0 aliphatic rings. The van der Waals surface area contributed by atoms with E-state index in [0.717, 1.165) is 10.6 Å². The number of thioether (sulfide) groups is 1. The zero-order valence-corrected chi connectivity index (χ0v) is 12.2. The first kappa shape index (κ1) is 14.5. The molecular formula is C14H16N2O3S. The van der Waals surface area contributed by atoms with Crippen molar-refractivity contribution in [3.63, 3.8) is 0 Å². The molecule has 0 atom stereocenters. The normalized spacial score (nSPS) is 10.5. The highest BCUT2D eigenvalue weighted by atomic mass is 32.2. The molecule has 6 heteroatoms. The number of rotatable bonds is 5. The lowest BCUT2D eigenvalue weighted by Gasteiger charge is -2.06. The zero-order chi connectivity index (χ0) is 14.5. The van der Waals surface area contributed by atoms with Gasteiger partial charge in [0.15, 0.2) is 0 Å². The highest BCUT2D eigenvalue weighted by Crippen LogP contribution is 2.26. The molecule has 0 unspecified atom stereocenters. The van der Waals surface area contributed by atoms with Crippen molar-refractivity contribution >= 4 is 17.7 Å². The SMILES string of the molecule is CCOC(=O)c1cnn(C)c1CSc1ccc(O)cc1. The third-order valence-corrected chi connectivity index (χ3v) is 3.79. The molecule has 1 heterocycles. The van der Waals surface area contributed by atoms with E-state index in [1.807, 2.05) is 12.1 Å².